The summed E-state index contributed by atoms with van der Waals surface area (Å²) in [6.45, 7) is 0. The van der Waals surface area contributed by atoms with Crippen molar-refractivity contribution < 1.29 is 19.8 Å². The average molecular weight is 180 g/mol. The van der Waals surface area contributed by atoms with Crippen molar-refractivity contribution >= 4 is 11.7 Å². The Labute approximate surface area is 77.6 Å². The Hall–Kier alpha value is -1.26. The number of amidine groups is 2. The molecule has 0 aromatic heterocycles. The van der Waals surface area contributed by atoms with E-state index >= 15 is 0 Å². The molecule has 2 heterocycles. The van der Waals surface area contributed by atoms with E-state index in [0.29, 0.717) is 0 Å². The summed E-state index contributed by atoms with van der Waals surface area (Å²) in [5, 5.41) is 4.32. The van der Waals surface area contributed by atoms with Crippen LogP contribution >= 0.6 is 0 Å². The minimum Gasteiger partial charge on any atom is -0.230 e. The van der Waals surface area contributed by atoms with Crippen LogP contribution in [0.15, 0.2) is 24.8 Å². The van der Waals surface area contributed by atoms with Crippen molar-refractivity contribution in [3.63, 3.8) is 0 Å². The van der Waals surface area contributed by atoms with Crippen LogP contribution in [-0.2, 0) is 0 Å². The van der Waals surface area contributed by atoms with Gasteiger partial charge in [-0.3, -0.25) is 0 Å². The molecule has 0 spiro atoms. The zero-order valence-corrected chi connectivity index (χ0v) is 8.07. The number of hydrogen-bond acceptors (Lipinski definition) is 0. The maximum atomic E-state index is 2.16. The van der Waals surface area contributed by atoms with Gasteiger partial charge in [-0.15, -0.1) is 0 Å². The Balaban J connectivity index is 2.08. The summed E-state index contributed by atoms with van der Waals surface area (Å²) < 4.78 is 4.32. The summed E-state index contributed by atoms with van der Waals surface area (Å²) in [6.07, 6.45) is 9.33. The maximum Gasteiger partial charge on any atom is 0.362 e. The van der Waals surface area contributed by atoms with Crippen molar-refractivity contribution in [2.24, 2.45) is 0 Å². The molecule has 0 saturated carbocycles. The molecular weight excluding hydrogens is 164 g/mol. The quantitative estimate of drug-likeness (QED) is 0.443. The minimum atomic E-state index is 1.01. The molecule has 0 radical (unpaired) electrons. The van der Waals surface area contributed by atoms with Crippen molar-refractivity contribution in [1.29, 1.82) is 0 Å². The van der Waals surface area contributed by atoms with Gasteiger partial charge in [0.2, 0.25) is 18.8 Å². The van der Waals surface area contributed by atoms with E-state index in [9.17, 15) is 0 Å². The summed E-state index contributed by atoms with van der Waals surface area (Å²) >= 11 is 0. The zero-order chi connectivity index (χ0) is 9.26. The number of nitrogens with zero attached hydrogens (tertiary/aromatic N) is 2. The van der Waals surface area contributed by atoms with Gasteiger partial charge in [0.1, 0.15) is 14.1 Å². The van der Waals surface area contributed by atoms with E-state index < -0.39 is 0 Å². The first-order chi connectivity index (χ1) is 6.27. The first-order valence-electron chi connectivity index (χ1n) is 4.48. The summed E-state index contributed by atoms with van der Waals surface area (Å²) in [6, 6.07) is 0. The van der Waals surface area contributed by atoms with E-state index in [4.69, 9.17) is 0 Å². The molecule has 0 fully saturated rings. The topological polar surface area (TPSA) is 39.2 Å². The molecule has 4 heteroatoms. The molecule has 2 aliphatic rings. The highest BCUT2D eigenvalue weighted by Crippen LogP contribution is 1.87. The highest BCUT2D eigenvalue weighted by molar-refractivity contribution is 5.90. The van der Waals surface area contributed by atoms with Crippen molar-refractivity contribution in [1.82, 2.24) is 0 Å². The molecular formula is C9H16N4+4. The molecule has 0 amide bonds. The smallest absolute Gasteiger partial charge is 0.230 e. The standard InChI is InChI=1S/C9H12N4/c1-12-5-3-10-8(12)7-9-11-4-6-13(9)2/h3-6H,7H2,1-2H3/p+4. The lowest BCUT2D eigenvalue weighted by Gasteiger charge is -1.90. The fraction of sp³-hybridized carbons (Fsp3) is 0.333. The Morgan fingerprint density at radius 1 is 1.00 bits per heavy atom. The Morgan fingerprint density at radius 2 is 1.46 bits per heavy atom. The predicted octanol–water partition coefficient (Wildman–Crippen LogP) is -2.45. The van der Waals surface area contributed by atoms with Crippen molar-refractivity contribution in [3.8, 4) is 0 Å². The number of rotatable bonds is 2. The monoisotopic (exact) mass is 180 g/mol. The van der Waals surface area contributed by atoms with Crippen molar-refractivity contribution in [3.05, 3.63) is 24.8 Å². The number of quaternary nitrogens is 2. The van der Waals surface area contributed by atoms with Crippen LogP contribution in [0.5, 0.6) is 0 Å². The summed E-state index contributed by atoms with van der Waals surface area (Å²) in [5.74, 6) is 2.70. The van der Waals surface area contributed by atoms with Gasteiger partial charge in [-0.1, -0.05) is 0 Å². The minimum absolute atomic E-state index is 1.01. The average Bonchev–Trinajstić information content (AvgIpc) is 2.65. The third kappa shape index (κ3) is 1.59. The summed E-state index contributed by atoms with van der Waals surface area (Å²) in [7, 11) is 4.16. The molecule has 0 aromatic carbocycles. The van der Waals surface area contributed by atoms with Gasteiger partial charge in [-0.25, -0.2) is 10.6 Å². The molecule has 0 saturated heterocycles. The van der Waals surface area contributed by atoms with Gasteiger partial charge in [0.15, 0.2) is 12.4 Å². The molecule has 68 valence electrons. The van der Waals surface area contributed by atoms with Crippen LogP contribution in [0, 0.1) is 0 Å². The van der Waals surface area contributed by atoms with E-state index in [1.807, 2.05) is 0 Å². The largest absolute Gasteiger partial charge is 0.362 e. The zero-order valence-electron chi connectivity index (χ0n) is 8.07. The van der Waals surface area contributed by atoms with Crippen LogP contribution in [0.1, 0.15) is 6.42 Å². The van der Waals surface area contributed by atoms with Crippen molar-refractivity contribution in [2.75, 3.05) is 14.1 Å². The van der Waals surface area contributed by atoms with Gasteiger partial charge in [0, 0.05) is 0 Å². The third-order valence-electron chi connectivity index (χ3n) is 2.46. The Bertz CT molecular complexity index is 313. The maximum absolute atomic E-state index is 2.16. The first-order valence-corrected chi connectivity index (χ1v) is 4.48. The Kier molecular flexibility index (Phi) is 2.08. The molecule has 2 aliphatic heterocycles. The lowest BCUT2D eigenvalue weighted by molar-refractivity contribution is -0.534. The molecule has 0 aliphatic carbocycles. The molecule has 4 N–H and O–H groups in total. The first kappa shape index (κ1) is 8.34. The molecule has 0 bridgehead atoms. The van der Waals surface area contributed by atoms with E-state index in [2.05, 4.69) is 58.7 Å². The fourth-order valence-electron chi connectivity index (χ4n) is 1.55. The van der Waals surface area contributed by atoms with Gasteiger partial charge in [-0.05, 0) is 0 Å². The van der Waals surface area contributed by atoms with Crippen molar-refractivity contribution in [2.45, 2.75) is 6.42 Å². The highest BCUT2D eigenvalue weighted by Gasteiger charge is 2.30. The third-order valence-corrected chi connectivity index (χ3v) is 2.46. The highest BCUT2D eigenvalue weighted by atomic mass is 15.2. The molecule has 0 aromatic rings. The lowest BCUT2D eigenvalue weighted by Crippen LogP contribution is -2.87. The van der Waals surface area contributed by atoms with E-state index in [-0.39, 0.29) is 0 Å². The van der Waals surface area contributed by atoms with Gasteiger partial charge in [0.25, 0.3) is 0 Å². The predicted molar refractivity (Wildman–Crippen MR) is 49.1 cm³/mol. The summed E-state index contributed by atoms with van der Waals surface area (Å²) in [4.78, 5) is 0. The molecule has 0 unspecified atom stereocenters. The van der Waals surface area contributed by atoms with Gasteiger partial charge < -0.3 is 0 Å². The van der Waals surface area contributed by atoms with E-state index in [1.54, 1.807) is 0 Å². The van der Waals surface area contributed by atoms with Gasteiger partial charge in [-0.2, -0.15) is 9.15 Å². The Morgan fingerprint density at radius 3 is 1.77 bits per heavy atom. The second kappa shape index (κ2) is 3.24. The van der Waals surface area contributed by atoms with Crippen LogP contribution < -0.4 is 10.6 Å². The van der Waals surface area contributed by atoms with Crippen LogP contribution in [-0.4, -0.2) is 34.9 Å². The van der Waals surface area contributed by atoms with E-state index in [1.165, 1.54) is 11.7 Å². The SMILES string of the molecule is C[N+]1=C(CC2=[N+](C)C=C[NH2+]2)[NH2+]C=C1. The van der Waals surface area contributed by atoms with Gasteiger partial charge in [0.05, 0.1) is 0 Å². The van der Waals surface area contributed by atoms with Crippen LogP contribution in [0.2, 0.25) is 0 Å². The second-order valence-electron chi connectivity index (χ2n) is 3.40. The lowest BCUT2D eigenvalue weighted by atomic mass is 10.3. The molecule has 4 nitrogen and oxygen atoms in total. The van der Waals surface area contributed by atoms with Crippen LogP contribution in [0.25, 0.3) is 0 Å². The molecule has 0 atom stereocenters. The fourth-order valence-corrected chi connectivity index (χ4v) is 1.55. The second-order valence-corrected chi connectivity index (χ2v) is 3.40. The van der Waals surface area contributed by atoms with Crippen LogP contribution in [0.3, 0.4) is 0 Å². The van der Waals surface area contributed by atoms with Gasteiger partial charge >= 0.3 is 11.7 Å². The van der Waals surface area contributed by atoms with E-state index in [0.717, 1.165) is 6.42 Å². The summed E-state index contributed by atoms with van der Waals surface area (Å²) in [5.41, 5.74) is 0. The number of nitrogens with two attached hydrogens (primary N) is 2. The molecule has 13 heavy (non-hydrogen) atoms. The van der Waals surface area contributed by atoms with Crippen LogP contribution in [0.4, 0.5) is 0 Å². The normalized spacial score (nSPS) is 21.1. The molecule has 2 rings (SSSR count). The number of hydrogen-bond donors (Lipinski definition) is 2.